The molecule has 6 nitrogen and oxygen atoms in total. The summed E-state index contributed by atoms with van der Waals surface area (Å²) in [5.74, 6) is 0.702. The number of benzene rings is 2. The van der Waals surface area contributed by atoms with Crippen LogP contribution in [0.1, 0.15) is 44.4 Å². The first kappa shape index (κ1) is 20.1. The number of aromatic nitrogens is 1. The second-order valence-electron chi connectivity index (χ2n) is 8.02. The highest BCUT2D eigenvalue weighted by Crippen LogP contribution is 2.40. The molecule has 0 radical (unpaired) electrons. The van der Waals surface area contributed by atoms with Crippen LogP contribution in [0.5, 0.6) is 5.75 Å². The maximum atomic E-state index is 13.2. The SMILES string of the molecule is CCn1c(=O)sc2cc(S(=O)(=O)N[C@@H]3CC(C)(C)Oc4ccc(C)cc43)ccc21. The molecule has 0 spiro atoms. The van der Waals surface area contributed by atoms with Crippen molar-refractivity contribution in [2.45, 2.75) is 57.2 Å². The summed E-state index contributed by atoms with van der Waals surface area (Å²) in [6.07, 6.45) is 0.518. The molecule has 2 aromatic carbocycles. The van der Waals surface area contributed by atoms with Gasteiger partial charge in [-0.15, -0.1) is 0 Å². The molecule has 3 aromatic rings. The Labute approximate surface area is 174 Å². The minimum Gasteiger partial charge on any atom is -0.487 e. The maximum Gasteiger partial charge on any atom is 0.308 e. The molecule has 0 fully saturated rings. The molecule has 0 saturated carbocycles. The van der Waals surface area contributed by atoms with Crippen LogP contribution in [0.25, 0.3) is 10.2 Å². The summed E-state index contributed by atoms with van der Waals surface area (Å²) in [5.41, 5.74) is 2.16. The molecule has 0 amide bonds. The summed E-state index contributed by atoms with van der Waals surface area (Å²) in [4.78, 5) is 12.2. The summed E-state index contributed by atoms with van der Waals surface area (Å²) in [6.45, 7) is 8.32. The van der Waals surface area contributed by atoms with E-state index in [0.717, 1.165) is 28.0 Å². The van der Waals surface area contributed by atoms with E-state index in [2.05, 4.69) is 4.72 Å². The van der Waals surface area contributed by atoms with Crippen LogP contribution in [0.15, 0.2) is 46.1 Å². The van der Waals surface area contributed by atoms with Crippen LogP contribution >= 0.6 is 11.3 Å². The van der Waals surface area contributed by atoms with Crippen molar-refractivity contribution in [3.8, 4) is 5.75 Å². The maximum absolute atomic E-state index is 13.2. The standard InChI is InChI=1S/C21H24N2O4S2/c1-5-23-17-8-7-14(11-19(17)28-20(23)24)29(25,26)22-16-12-21(3,4)27-18-9-6-13(2)10-15(16)18/h6-11,16,22H,5,12H2,1-4H3/t16-/m1/s1. The third-order valence-electron chi connectivity index (χ3n) is 5.19. The second kappa shape index (κ2) is 6.97. The molecule has 1 aliphatic heterocycles. The van der Waals surface area contributed by atoms with Gasteiger partial charge in [0.2, 0.25) is 10.0 Å². The topological polar surface area (TPSA) is 77.4 Å². The van der Waals surface area contributed by atoms with E-state index in [1.54, 1.807) is 22.8 Å². The van der Waals surface area contributed by atoms with Crippen LogP contribution in [0, 0.1) is 6.92 Å². The van der Waals surface area contributed by atoms with E-state index in [4.69, 9.17) is 4.74 Å². The minimum absolute atomic E-state index is 0.0828. The zero-order valence-corrected chi connectivity index (χ0v) is 18.5. The van der Waals surface area contributed by atoms with Gasteiger partial charge in [-0.2, -0.15) is 0 Å². The van der Waals surface area contributed by atoms with Crippen molar-refractivity contribution in [2.24, 2.45) is 0 Å². The first-order valence-corrected chi connectivity index (χ1v) is 11.8. The van der Waals surface area contributed by atoms with Gasteiger partial charge in [-0.1, -0.05) is 29.0 Å². The number of hydrogen-bond donors (Lipinski definition) is 1. The van der Waals surface area contributed by atoms with Gasteiger partial charge in [0.1, 0.15) is 11.4 Å². The lowest BCUT2D eigenvalue weighted by molar-refractivity contribution is 0.0701. The number of ether oxygens (including phenoxy) is 1. The Balaban J connectivity index is 1.73. The number of nitrogens with one attached hydrogen (secondary N) is 1. The van der Waals surface area contributed by atoms with Crippen molar-refractivity contribution < 1.29 is 13.2 Å². The predicted molar refractivity (Wildman–Crippen MR) is 115 cm³/mol. The fraction of sp³-hybridized carbons (Fsp3) is 0.381. The third-order valence-corrected chi connectivity index (χ3v) is 7.60. The highest BCUT2D eigenvalue weighted by atomic mass is 32.2. The monoisotopic (exact) mass is 432 g/mol. The Morgan fingerprint density at radius 2 is 2.00 bits per heavy atom. The van der Waals surface area contributed by atoms with E-state index in [-0.39, 0.29) is 9.77 Å². The van der Waals surface area contributed by atoms with Gasteiger partial charge in [0, 0.05) is 18.5 Å². The molecule has 0 saturated heterocycles. The van der Waals surface area contributed by atoms with Gasteiger partial charge in [0.25, 0.3) is 0 Å². The number of rotatable bonds is 4. The fourth-order valence-corrected chi connectivity index (χ4v) is 6.16. The number of sulfonamides is 1. The van der Waals surface area contributed by atoms with Crippen molar-refractivity contribution >= 4 is 31.6 Å². The molecule has 0 aliphatic carbocycles. The molecule has 8 heteroatoms. The average molecular weight is 433 g/mol. The smallest absolute Gasteiger partial charge is 0.308 e. The summed E-state index contributed by atoms with van der Waals surface area (Å²) >= 11 is 1.07. The van der Waals surface area contributed by atoms with Crippen molar-refractivity contribution in [2.75, 3.05) is 0 Å². The normalized spacial score (nSPS) is 18.4. The number of aryl methyl sites for hydroxylation is 2. The number of hydrogen-bond acceptors (Lipinski definition) is 5. The molecule has 4 rings (SSSR count). The number of fused-ring (bicyclic) bond motifs is 2. The van der Waals surface area contributed by atoms with E-state index in [9.17, 15) is 13.2 Å². The highest BCUT2D eigenvalue weighted by molar-refractivity contribution is 7.89. The van der Waals surface area contributed by atoms with Crippen molar-refractivity contribution in [1.82, 2.24) is 9.29 Å². The van der Waals surface area contributed by atoms with Gasteiger partial charge < -0.3 is 4.74 Å². The Hall–Kier alpha value is -2.16. The molecule has 0 bridgehead atoms. The van der Waals surface area contributed by atoms with Gasteiger partial charge in [-0.05, 0) is 52.0 Å². The molecule has 1 aliphatic rings. The van der Waals surface area contributed by atoms with Crippen LogP contribution in [-0.4, -0.2) is 18.6 Å². The summed E-state index contributed by atoms with van der Waals surface area (Å²) in [6, 6.07) is 10.3. The molecule has 1 N–H and O–H groups in total. The number of thiazole rings is 1. The van der Waals surface area contributed by atoms with Gasteiger partial charge in [-0.25, -0.2) is 13.1 Å². The Morgan fingerprint density at radius 3 is 2.72 bits per heavy atom. The van der Waals surface area contributed by atoms with Gasteiger partial charge in [0.15, 0.2) is 0 Å². The lowest BCUT2D eigenvalue weighted by atomic mass is 9.89. The van der Waals surface area contributed by atoms with Gasteiger partial charge >= 0.3 is 4.87 Å². The van der Waals surface area contributed by atoms with E-state index >= 15 is 0 Å². The fourth-order valence-electron chi connectivity index (χ4n) is 3.85. The average Bonchev–Trinajstić information content (AvgIpc) is 2.95. The highest BCUT2D eigenvalue weighted by Gasteiger charge is 2.36. The lowest BCUT2D eigenvalue weighted by Gasteiger charge is -2.38. The molecule has 2 heterocycles. The summed E-state index contributed by atoms with van der Waals surface area (Å²) < 4.78 is 37.6. The minimum atomic E-state index is -3.78. The first-order valence-electron chi connectivity index (χ1n) is 9.55. The van der Waals surface area contributed by atoms with Crippen molar-refractivity contribution in [1.29, 1.82) is 0 Å². The van der Waals surface area contributed by atoms with Crippen LogP contribution < -0.4 is 14.3 Å². The molecule has 0 unspecified atom stereocenters. The Bertz CT molecular complexity index is 1260. The number of nitrogens with zero attached hydrogens (tertiary/aromatic N) is 1. The van der Waals surface area contributed by atoms with E-state index in [1.807, 2.05) is 45.9 Å². The predicted octanol–water partition coefficient (Wildman–Crippen LogP) is 3.97. The summed E-state index contributed by atoms with van der Waals surface area (Å²) in [7, 11) is -3.78. The first-order chi connectivity index (χ1) is 13.6. The largest absolute Gasteiger partial charge is 0.487 e. The summed E-state index contributed by atoms with van der Waals surface area (Å²) in [5, 5.41) is 0. The molecule has 154 valence electrons. The van der Waals surface area contributed by atoms with Crippen LogP contribution in [0.2, 0.25) is 0 Å². The molecule has 29 heavy (non-hydrogen) atoms. The molecule has 1 aromatic heterocycles. The van der Waals surface area contributed by atoms with Crippen molar-refractivity contribution in [3.05, 3.63) is 57.2 Å². The van der Waals surface area contributed by atoms with E-state index in [1.165, 1.54) is 0 Å². The zero-order valence-electron chi connectivity index (χ0n) is 16.9. The van der Waals surface area contributed by atoms with Crippen LogP contribution in [0.4, 0.5) is 0 Å². The molecule has 1 atom stereocenters. The van der Waals surface area contributed by atoms with E-state index < -0.39 is 21.7 Å². The Kier molecular flexibility index (Phi) is 4.83. The van der Waals surface area contributed by atoms with Gasteiger partial charge in [0.05, 0.1) is 21.2 Å². The van der Waals surface area contributed by atoms with E-state index in [0.29, 0.717) is 23.4 Å². The van der Waals surface area contributed by atoms with Crippen LogP contribution in [0.3, 0.4) is 0 Å². The van der Waals surface area contributed by atoms with Gasteiger partial charge in [-0.3, -0.25) is 9.36 Å². The molecular weight excluding hydrogens is 408 g/mol. The third kappa shape index (κ3) is 3.72. The van der Waals surface area contributed by atoms with Crippen LogP contribution in [-0.2, 0) is 16.6 Å². The second-order valence-corrected chi connectivity index (χ2v) is 10.7. The van der Waals surface area contributed by atoms with Crippen molar-refractivity contribution in [3.63, 3.8) is 0 Å². The molecular formula is C21H24N2O4S2. The zero-order chi connectivity index (χ0) is 21.0. The lowest BCUT2D eigenvalue weighted by Crippen LogP contribution is -2.41. The Morgan fingerprint density at radius 1 is 1.24 bits per heavy atom. The quantitative estimate of drug-likeness (QED) is 0.677.